The van der Waals surface area contributed by atoms with Gasteiger partial charge in [-0.3, -0.25) is 4.79 Å². The summed E-state index contributed by atoms with van der Waals surface area (Å²) in [6.07, 6.45) is 3.85. The molecule has 0 aliphatic rings. The number of nitrogens with two attached hydrogens (primary N) is 1. The van der Waals surface area contributed by atoms with Gasteiger partial charge < -0.3 is 20.9 Å². The number of carbonyl (C=O) groups is 1. The molecular weight excluding hydrogens is 268 g/mol. The van der Waals surface area contributed by atoms with Gasteiger partial charge in [0.1, 0.15) is 5.75 Å². The molecule has 0 saturated heterocycles. The Morgan fingerprint density at radius 2 is 2.19 bits per heavy atom. The van der Waals surface area contributed by atoms with E-state index in [4.69, 9.17) is 15.6 Å². The molecular formula is C16H24N2O3. The molecule has 0 aliphatic carbocycles. The molecule has 1 rings (SSSR count). The zero-order valence-corrected chi connectivity index (χ0v) is 12.8. The lowest BCUT2D eigenvalue weighted by Crippen LogP contribution is -2.35. The van der Waals surface area contributed by atoms with Crippen molar-refractivity contribution in [1.82, 2.24) is 5.32 Å². The molecule has 5 nitrogen and oxygen atoms in total. The molecule has 0 spiro atoms. The van der Waals surface area contributed by atoms with Gasteiger partial charge in [0.25, 0.3) is 0 Å². The number of ether oxygens (including phenoxy) is 1. The van der Waals surface area contributed by atoms with Crippen molar-refractivity contribution in [3.05, 3.63) is 29.8 Å². The highest BCUT2D eigenvalue weighted by molar-refractivity contribution is 5.92. The number of nitrogens with one attached hydrogen (secondary N) is 1. The molecule has 1 aromatic rings. The summed E-state index contributed by atoms with van der Waals surface area (Å²) in [5.41, 5.74) is 7.26. The van der Waals surface area contributed by atoms with E-state index in [1.165, 1.54) is 6.08 Å². The molecule has 1 atom stereocenters. The highest BCUT2D eigenvalue weighted by Gasteiger charge is 2.06. The molecule has 21 heavy (non-hydrogen) atoms. The van der Waals surface area contributed by atoms with E-state index >= 15 is 0 Å². The maximum Gasteiger partial charge on any atom is 0.244 e. The van der Waals surface area contributed by atoms with Crippen molar-refractivity contribution in [1.29, 1.82) is 0 Å². The zero-order valence-electron chi connectivity index (χ0n) is 12.8. The Kier molecular flexibility index (Phi) is 6.75. The van der Waals surface area contributed by atoms with Crippen LogP contribution in [0.25, 0.3) is 6.08 Å². The maximum absolute atomic E-state index is 11.7. The summed E-state index contributed by atoms with van der Waals surface area (Å²) >= 11 is 0. The molecule has 0 aliphatic heterocycles. The molecule has 116 valence electrons. The van der Waals surface area contributed by atoms with E-state index in [1.54, 1.807) is 18.2 Å². The van der Waals surface area contributed by atoms with Gasteiger partial charge in [-0.1, -0.05) is 13.0 Å². The molecule has 0 bridgehead atoms. The van der Waals surface area contributed by atoms with Gasteiger partial charge in [0, 0.05) is 6.08 Å². The summed E-state index contributed by atoms with van der Waals surface area (Å²) in [5.74, 6) is 0.398. The van der Waals surface area contributed by atoms with Crippen molar-refractivity contribution in [2.45, 2.75) is 39.3 Å². The van der Waals surface area contributed by atoms with Crippen LogP contribution in [-0.2, 0) is 4.79 Å². The van der Waals surface area contributed by atoms with E-state index in [0.29, 0.717) is 17.9 Å². The van der Waals surface area contributed by atoms with Crippen LogP contribution in [0.2, 0.25) is 0 Å². The lowest BCUT2D eigenvalue weighted by atomic mass is 10.1. The standard InChI is InChI=1S/C16H24N2O3/c1-4-13(10-19)18-16(20)8-6-12-5-7-15(14(17)9-12)21-11(2)3/h5-9,11,13,19H,4,10,17H2,1-3H3,(H,18,20)/b8-6-. The van der Waals surface area contributed by atoms with Gasteiger partial charge in [-0.15, -0.1) is 0 Å². The molecule has 0 saturated carbocycles. The summed E-state index contributed by atoms with van der Waals surface area (Å²) < 4.78 is 5.55. The van der Waals surface area contributed by atoms with Crippen LogP contribution in [0.3, 0.4) is 0 Å². The van der Waals surface area contributed by atoms with E-state index < -0.39 is 0 Å². The Bertz CT molecular complexity index is 494. The van der Waals surface area contributed by atoms with Crippen molar-refractivity contribution in [3.63, 3.8) is 0 Å². The second-order valence-corrected chi connectivity index (χ2v) is 5.09. The van der Waals surface area contributed by atoms with Gasteiger partial charge in [0.15, 0.2) is 0 Å². The number of aliphatic hydroxyl groups is 1. The Morgan fingerprint density at radius 1 is 1.48 bits per heavy atom. The van der Waals surface area contributed by atoms with E-state index in [2.05, 4.69) is 5.32 Å². The Balaban J connectivity index is 2.68. The Hall–Kier alpha value is -2.01. The molecule has 0 fully saturated rings. The predicted molar refractivity (Wildman–Crippen MR) is 85.0 cm³/mol. The average Bonchev–Trinajstić information content (AvgIpc) is 2.44. The first-order valence-corrected chi connectivity index (χ1v) is 7.11. The van der Waals surface area contributed by atoms with Gasteiger partial charge in [-0.25, -0.2) is 0 Å². The number of anilines is 1. The second kappa shape index (κ2) is 8.32. The molecule has 1 amide bonds. The van der Waals surface area contributed by atoms with E-state index in [9.17, 15) is 4.79 Å². The summed E-state index contributed by atoms with van der Waals surface area (Å²) in [5, 5.41) is 11.7. The summed E-state index contributed by atoms with van der Waals surface area (Å²) in [6.45, 7) is 5.70. The van der Waals surface area contributed by atoms with Crippen molar-refractivity contribution in [2.75, 3.05) is 12.3 Å². The third kappa shape index (κ3) is 5.87. The minimum atomic E-state index is -0.239. The Morgan fingerprint density at radius 3 is 2.71 bits per heavy atom. The molecule has 5 heteroatoms. The summed E-state index contributed by atoms with van der Waals surface area (Å²) in [7, 11) is 0. The van der Waals surface area contributed by atoms with E-state index in [1.807, 2.05) is 26.8 Å². The van der Waals surface area contributed by atoms with Gasteiger partial charge in [0.2, 0.25) is 5.91 Å². The van der Waals surface area contributed by atoms with Gasteiger partial charge in [-0.2, -0.15) is 0 Å². The second-order valence-electron chi connectivity index (χ2n) is 5.09. The lowest BCUT2D eigenvalue weighted by Gasteiger charge is -2.12. The number of hydrogen-bond donors (Lipinski definition) is 3. The average molecular weight is 292 g/mol. The largest absolute Gasteiger partial charge is 0.489 e. The smallest absolute Gasteiger partial charge is 0.244 e. The van der Waals surface area contributed by atoms with Crippen molar-refractivity contribution < 1.29 is 14.6 Å². The van der Waals surface area contributed by atoms with Gasteiger partial charge in [-0.05, 0) is 44.0 Å². The number of benzene rings is 1. The fourth-order valence-electron chi connectivity index (χ4n) is 1.73. The molecule has 4 N–H and O–H groups in total. The first-order valence-electron chi connectivity index (χ1n) is 7.11. The van der Waals surface area contributed by atoms with E-state index in [-0.39, 0.29) is 24.7 Å². The minimum Gasteiger partial charge on any atom is -0.489 e. The molecule has 1 unspecified atom stereocenters. The van der Waals surface area contributed by atoms with Crippen LogP contribution in [-0.4, -0.2) is 29.8 Å². The van der Waals surface area contributed by atoms with Crippen molar-refractivity contribution in [2.24, 2.45) is 0 Å². The summed E-state index contributed by atoms with van der Waals surface area (Å²) in [6, 6.07) is 5.16. The lowest BCUT2D eigenvalue weighted by molar-refractivity contribution is -0.117. The highest BCUT2D eigenvalue weighted by atomic mass is 16.5. The van der Waals surface area contributed by atoms with Gasteiger partial charge in [0.05, 0.1) is 24.4 Å². The van der Waals surface area contributed by atoms with Crippen LogP contribution in [0.1, 0.15) is 32.8 Å². The highest BCUT2D eigenvalue weighted by Crippen LogP contribution is 2.24. The van der Waals surface area contributed by atoms with Crippen LogP contribution >= 0.6 is 0 Å². The summed E-state index contributed by atoms with van der Waals surface area (Å²) in [4.78, 5) is 11.7. The molecule has 0 aromatic heterocycles. The Labute approximate surface area is 125 Å². The predicted octanol–water partition coefficient (Wildman–Crippen LogP) is 1.96. The van der Waals surface area contributed by atoms with Crippen LogP contribution in [0.15, 0.2) is 24.3 Å². The van der Waals surface area contributed by atoms with Gasteiger partial charge >= 0.3 is 0 Å². The number of rotatable bonds is 7. The molecule has 0 radical (unpaired) electrons. The number of amides is 1. The van der Waals surface area contributed by atoms with Crippen LogP contribution in [0, 0.1) is 0 Å². The molecule has 0 heterocycles. The maximum atomic E-state index is 11.7. The van der Waals surface area contributed by atoms with E-state index in [0.717, 1.165) is 5.56 Å². The number of nitrogen functional groups attached to an aromatic ring is 1. The number of aliphatic hydroxyl groups excluding tert-OH is 1. The monoisotopic (exact) mass is 292 g/mol. The fourth-order valence-corrected chi connectivity index (χ4v) is 1.73. The fraction of sp³-hybridized carbons (Fsp3) is 0.438. The quantitative estimate of drug-likeness (QED) is 0.530. The van der Waals surface area contributed by atoms with Crippen LogP contribution < -0.4 is 15.8 Å². The SMILES string of the molecule is CCC(CO)NC(=O)/C=C\c1ccc(OC(C)C)c(N)c1. The normalized spacial score (nSPS) is 12.6. The number of carbonyl (C=O) groups excluding carboxylic acids is 1. The zero-order chi connectivity index (χ0) is 15.8. The third-order valence-electron chi connectivity index (χ3n) is 2.88. The number of hydrogen-bond acceptors (Lipinski definition) is 4. The third-order valence-corrected chi connectivity index (χ3v) is 2.88. The topological polar surface area (TPSA) is 84.6 Å². The van der Waals surface area contributed by atoms with Crippen LogP contribution in [0.4, 0.5) is 5.69 Å². The van der Waals surface area contributed by atoms with Crippen molar-refractivity contribution >= 4 is 17.7 Å². The van der Waals surface area contributed by atoms with Crippen LogP contribution in [0.5, 0.6) is 5.75 Å². The first kappa shape index (κ1) is 17.0. The van der Waals surface area contributed by atoms with Crippen molar-refractivity contribution in [3.8, 4) is 5.75 Å². The minimum absolute atomic E-state index is 0.0592. The molecule has 1 aromatic carbocycles. The first-order chi connectivity index (χ1) is 9.96.